The van der Waals surface area contributed by atoms with E-state index in [1.54, 1.807) is 26.0 Å². The summed E-state index contributed by atoms with van der Waals surface area (Å²) in [6, 6.07) is 7.21. The van der Waals surface area contributed by atoms with Crippen LogP contribution in [-0.4, -0.2) is 13.2 Å². The van der Waals surface area contributed by atoms with E-state index < -0.39 is 8.25 Å². The van der Waals surface area contributed by atoms with Crippen molar-refractivity contribution >= 4 is 24.2 Å². The fourth-order valence-electron chi connectivity index (χ4n) is 0.897. The molecular formula is C11H17BrFO3P. The Bertz CT molecular complexity index is 328. The molecule has 0 unspecified atom stereocenters. The Labute approximate surface area is 110 Å². The third-order valence-electron chi connectivity index (χ3n) is 1.57. The predicted molar refractivity (Wildman–Crippen MR) is 71.2 cm³/mol. The SMILES string of the molecule is CCO[PH](=O)OCC.FCc1cccc(Br)c1. The smallest absolute Gasteiger partial charge is 0.311 e. The molecule has 1 rings (SSSR count). The summed E-state index contributed by atoms with van der Waals surface area (Å²) < 4.78 is 32.4. The maximum Gasteiger partial charge on any atom is 0.319 e. The summed E-state index contributed by atoms with van der Waals surface area (Å²) in [7, 11) is -2.14. The van der Waals surface area contributed by atoms with E-state index in [0.29, 0.717) is 18.8 Å². The zero-order valence-corrected chi connectivity index (χ0v) is 12.5. The molecule has 3 nitrogen and oxygen atoms in total. The highest BCUT2D eigenvalue weighted by molar-refractivity contribution is 9.10. The fourth-order valence-corrected chi connectivity index (χ4v) is 1.90. The molecule has 0 fully saturated rings. The predicted octanol–water partition coefficient (Wildman–Crippen LogP) is 4.37. The van der Waals surface area contributed by atoms with Crippen molar-refractivity contribution in [2.75, 3.05) is 13.2 Å². The van der Waals surface area contributed by atoms with E-state index in [1.165, 1.54) is 0 Å². The minimum atomic E-state index is -2.14. The summed E-state index contributed by atoms with van der Waals surface area (Å²) in [5, 5.41) is 0. The third kappa shape index (κ3) is 9.48. The van der Waals surface area contributed by atoms with Gasteiger partial charge < -0.3 is 9.05 Å². The van der Waals surface area contributed by atoms with Crippen LogP contribution in [0.25, 0.3) is 0 Å². The van der Waals surface area contributed by atoms with Crippen LogP contribution in [0.1, 0.15) is 19.4 Å². The van der Waals surface area contributed by atoms with E-state index in [2.05, 4.69) is 25.0 Å². The fraction of sp³-hybridized carbons (Fsp3) is 0.455. The molecule has 0 saturated heterocycles. The van der Waals surface area contributed by atoms with Gasteiger partial charge in [-0.25, -0.2) is 4.39 Å². The van der Waals surface area contributed by atoms with E-state index in [-0.39, 0.29) is 6.67 Å². The van der Waals surface area contributed by atoms with E-state index in [9.17, 15) is 8.96 Å². The van der Waals surface area contributed by atoms with Crippen LogP contribution in [0.2, 0.25) is 0 Å². The lowest BCUT2D eigenvalue weighted by Crippen LogP contribution is -1.81. The van der Waals surface area contributed by atoms with E-state index in [4.69, 9.17) is 0 Å². The summed E-state index contributed by atoms with van der Waals surface area (Å²) in [4.78, 5) is 0. The molecule has 0 aliphatic carbocycles. The molecule has 0 spiro atoms. The summed E-state index contributed by atoms with van der Waals surface area (Å²) in [5.41, 5.74) is 0.712. The molecule has 0 atom stereocenters. The molecule has 0 aliphatic heterocycles. The summed E-state index contributed by atoms with van der Waals surface area (Å²) >= 11 is 3.24. The Morgan fingerprint density at radius 3 is 2.24 bits per heavy atom. The molecule has 1 aromatic rings. The van der Waals surface area contributed by atoms with Crippen molar-refractivity contribution in [3.05, 3.63) is 34.3 Å². The summed E-state index contributed by atoms with van der Waals surface area (Å²) in [5.74, 6) is 0. The molecule has 0 radical (unpaired) electrons. The van der Waals surface area contributed by atoms with Gasteiger partial charge in [0.1, 0.15) is 6.67 Å². The van der Waals surface area contributed by atoms with E-state index >= 15 is 0 Å². The van der Waals surface area contributed by atoms with Gasteiger partial charge in [-0.05, 0) is 31.5 Å². The molecule has 0 amide bonds. The number of alkyl halides is 1. The lowest BCUT2D eigenvalue weighted by Gasteiger charge is -1.97. The van der Waals surface area contributed by atoms with Crippen molar-refractivity contribution in [3.8, 4) is 0 Å². The molecule has 17 heavy (non-hydrogen) atoms. The van der Waals surface area contributed by atoms with Gasteiger partial charge >= 0.3 is 8.25 Å². The van der Waals surface area contributed by atoms with E-state index in [0.717, 1.165) is 4.47 Å². The van der Waals surface area contributed by atoms with Gasteiger partial charge in [0.2, 0.25) is 0 Å². The zero-order chi connectivity index (χ0) is 13.1. The van der Waals surface area contributed by atoms with Gasteiger partial charge in [0.05, 0.1) is 13.2 Å². The van der Waals surface area contributed by atoms with Crippen LogP contribution in [0, 0.1) is 0 Å². The van der Waals surface area contributed by atoms with Crippen molar-refractivity contribution < 1.29 is 18.0 Å². The largest absolute Gasteiger partial charge is 0.319 e. The molecule has 1 aromatic carbocycles. The van der Waals surface area contributed by atoms with Crippen LogP contribution in [0.15, 0.2) is 28.7 Å². The average Bonchev–Trinajstić information content (AvgIpc) is 2.30. The minimum absolute atomic E-state index is 0.389. The molecule has 6 heteroatoms. The van der Waals surface area contributed by atoms with Gasteiger partial charge in [-0.3, -0.25) is 4.57 Å². The molecule has 0 aliphatic rings. The van der Waals surface area contributed by atoms with Crippen molar-refractivity contribution in [2.24, 2.45) is 0 Å². The third-order valence-corrected chi connectivity index (χ3v) is 3.11. The highest BCUT2D eigenvalue weighted by Gasteiger charge is 1.91. The summed E-state index contributed by atoms with van der Waals surface area (Å²) in [6.07, 6.45) is 0. The van der Waals surface area contributed by atoms with E-state index in [1.807, 2.05) is 12.1 Å². The second-order valence-electron chi connectivity index (χ2n) is 2.88. The molecule has 0 saturated carbocycles. The van der Waals surface area contributed by atoms with Crippen LogP contribution >= 0.6 is 24.2 Å². The second-order valence-corrected chi connectivity index (χ2v) is 4.87. The molecule has 0 aromatic heterocycles. The molecule has 0 bridgehead atoms. The van der Waals surface area contributed by atoms with Crippen LogP contribution < -0.4 is 0 Å². The first kappa shape index (κ1) is 16.8. The highest BCUT2D eigenvalue weighted by Crippen LogP contribution is 2.21. The number of benzene rings is 1. The normalized spacial score (nSPS) is 9.94. The average molecular weight is 327 g/mol. The highest BCUT2D eigenvalue weighted by atomic mass is 79.9. The van der Waals surface area contributed by atoms with Crippen LogP contribution in [0.5, 0.6) is 0 Å². The van der Waals surface area contributed by atoms with Gasteiger partial charge in [0, 0.05) is 4.47 Å². The molecule has 0 heterocycles. The maximum atomic E-state index is 11.9. The topological polar surface area (TPSA) is 35.5 Å². The maximum absolute atomic E-state index is 11.9. The van der Waals surface area contributed by atoms with Gasteiger partial charge in [0.25, 0.3) is 0 Å². The number of rotatable bonds is 5. The summed E-state index contributed by atoms with van der Waals surface area (Å²) in [6.45, 7) is 4.08. The first-order chi connectivity index (χ1) is 8.13. The van der Waals surface area contributed by atoms with Crippen molar-refractivity contribution in [1.82, 2.24) is 0 Å². The Kier molecular flexibility index (Phi) is 10.8. The zero-order valence-electron chi connectivity index (χ0n) is 9.91. The van der Waals surface area contributed by atoms with Crippen LogP contribution in [0.3, 0.4) is 0 Å². The Morgan fingerprint density at radius 2 is 1.88 bits per heavy atom. The first-order valence-corrected chi connectivity index (χ1v) is 7.25. The monoisotopic (exact) mass is 326 g/mol. The standard InChI is InChI=1S/C7H6BrF.C4H11O3P/c8-7-3-1-2-6(4-7)5-9;1-3-6-8(5)7-4-2/h1-4H,5H2;8H,3-4H2,1-2H3. The quantitative estimate of drug-likeness (QED) is 0.754. The molecule has 98 valence electrons. The van der Waals surface area contributed by atoms with Gasteiger partial charge in [-0.1, -0.05) is 28.1 Å². The van der Waals surface area contributed by atoms with Gasteiger partial charge in [-0.15, -0.1) is 0 Å². The van der Waals surface area contributed by atoms with Gasteiger partial charge in [0.15, 0.2) is 0 Å². The Hall–Kier alpha value is -0.220. The Balaban J connectivity index is 0.000000304. The van der Waals surface area contributed by atoms with Crippen LogP contribution in [-0.2, 0) is 20.3 Å². The Morgan fingerprint density at radius 1 is 1.29 bits per heavy atom. The van der Waals surface area contributed by atoms with Crippen molar-refractivity contribution in [2.45, 2.75) is 20.5 Å². The van der Waals surface area contributed by atoms with Crippen molar-refractivity contribution in [3.63, 3.8) is 0 Å². The number of halogens is 2. The molecular weight excluding hydrogens is 310 g/mol. The lowest BCUT2D eigenvalue weighted by atomic mass is 10.2. The minimum Gasteiger partial charge on any atom is -0.311 e. The second kappa shape index (κ2) is 10.9. The number of hydrogen-bond donors (Lipinski definition) is 0. The van der Waals surface area contributed by atoms with Gasteiger partial charge in [-0.2, -0.15) is 0 Å². The van der Waals surface area contributed by atoms with Crippen LogP contribution in [0.4, 0.5) is 4.39 Å². The lowest BCUT2D eigenvalue weighted by molar-refractivity contribution is 0.243. The van der Waals surface area contributed by atoms with Crippen molar-refractivity contribution in [1.29, 1.82) is 0 Å². The molecule has 0 N–H and O–H groups in total. The first-order valence-electron chi connectivity index (χ1n) is 5.24. The number of hydrogen-bond acceptors (Lipinski definition) is 3.